The molecule has 0 saturated heterocycles. The van der Waals surface area contributed by atoms with Gasteiger partial charge in [-0.25, -0.2) is 0 Å². The Morgan fingerprint density at radius 2 is 1.71 bits per heavy atom. The molecule has 0 spiro atoms. The van der Waals surface area contributed by atoms with E-state index in [1.807, 2.05) is 19.1 Å². The molecule has 0 bridgehead atoms. The molecule has 3 aliphatic carbocycles. The lowest BCUT2D eigenvalue weighted by molar-refractivity contribution is -0.149. The van der Waals surface area contributed by atoms with Gasteiger partial charge in [-0.1, -0.05) is 26.2 Å². The fourth-order valence-corrected chi connectivity index (χ4v) is 6.27. The first-order chi connectivity index (χ1) is 19.7. The number of halogens is 3. The van der Waals surface area contributed by atoms with E-state index in [0.717, 1.165) is 62.4 Å². The Bertz CT molecular complexity index is 1370. The molecule has 3 aliphatic rings. The molecule has 7 nitrogen and oxygen atoms in total. The lowest BCUT2D eigenvalue weighted by Crippen LogP contribution is -2.46. The molecule has 0 radical (unpaired) electrons. The van der Waals surface area contributed by atoms with Crippen LogP contribution < -0.4 is 10.6 Å². The van der Waals surface area contributed by atoms with Gasteiger partial charge in [-0.2, -0.15) is 13.2 Å². The van der Waals surface area contributed by atoms with E-state index in [1.54, 1.807) is 12.1 Å². The number of carbonyl (C=O) groups excluding carboxylic acids is 2. The summed E-state index contributed by atoms with van der Waals surface area (Å²) in [6, 6.07) is 4.95. The van der Waals surface area contributed by atoms with E-state index in [-0.39, 0.29) is 22.9 Å². The highest BCUT2D eigenvalue weighted by Gasteiger charge is 2.41. The first kappa shape index (κ1) is 30.2. The third-order valence-corrected chi connectivity index (χ3v) is 9.63. The Hall–Kier alpha value is -3.30. The minimum atomic E-state index is -4.56. The number of hydrogen-bond donors (Lipinski definition) is 3. The summed E-state index contributed by atoms with van der Waals surface area (Å²) in [4.78, 5) is 37.7. The number of alkyl halides is 3. The fraction of sp³-hybridized carbons (Fsp3) is 0.594. The van der Waals surface area contributed by atoms with Gasteiger partial charge in [-0.15, -0.1) is 0 Å². The van der Waals surface area contributed by atoms with Crippen molar-refractivity contribution in [2.24, 2.45) is 11.8 Å². The van der Waals surface area contributed by atoms with Crippen molar-refractivity contribution in [2.75, 3.05) is 0 Å². The van der Waals surface area contributed by atoms with E-state index in [0.29, 0.717) is 36.4 Å². The van der Waals surface area contributed by atoms with E-state index >= 15 is 0 Å². The Labute approximate surface area is 244 Å². The zero-order chi connectivity index (χ0) is 30.4. The smallest absolute Gasteiger partial charge is 0.408 e. The van der Waals surface area contributed by atoms with Crippen LogP contribution in [-0.2, 0) is 16.8 Å². The summed E-state index contributed by atoms with van der Waals surface area (Å²) in [6.45, 7) is 5.61. The number of amides is 2. The third kappa shape index (κ3) is 6.37. The molecule has 3 N–H and O–H groups in total. The normalized spacial score (nSPS) is 22.6. The largest absolute Gasteiger partial charge is 0.481 e. The Morgan fingerprint density at radius 3 is 2.31 bits per heavy atom. The lowest BCUT2D eigenvalue weighted by atomic mass is 9.80. The first-order valence-corrected chi connectivity index (χ1v) is 15.0. The number of aliphatic carboxylic acids is 1. The summed E-state index contributed by atoms with van der Waals surface area (Å²) in [7, 11) is 0. The molecule has 1 aromatic carbocycles. The van der Waals surface area contributed by atoms with E-state index in [9.17, 15) is 32.7 Å². The minimum Gasteiger partial charge on any atom is -0.481 e. The van der Waals surface area contributed by atoms with Crippen molar-refractivity contribution in [3.8, 4) is 11.3 Å². The van der Waals surface area contributed by atoms with Crippen LogP contribution in [0.4, 0.5) is 13.2 Å². The average molecular weight is 588 g/mol. The number of carbonyl (C=O) groups is 3. The van der Waals surface area contributed by atoms with Gasteiger partial charge in [0.15, 0.2) is 0 Å². The maximum atomic E-state index is 13.4. The van der Waals surface area contributed by atoms with Crippen LogP contribution >= 0.6 is 0 Å². The zero-order valence-electron chi connectivity index (χ0n) is 24.4. The van der Waals surface area contributed by atoms with E-state index in [1.165, 1.54) is 6.42 Å². The van der Waals surface area contributed by atoms with Gasteiger partial charge in [-0.05, 0) is 99.1 Å². The molecule has 228 valence electrons. The van der Waals surface area contributed by atoms with Crippen molar-refractivity contribution < 1.29 is 32.7 Å². The summed E-state index contributed by atoms with van der Waals surface area (Å²) in [5, 5.41) is 14.3. The molecule has 10 heteroatoms. The topological polar surface area (TPSA) is 100 Å². The summed E-state index contributed by atoms with van der Waals surface area (Å²) in [6.07, 6.45) is 3.74. The van der Waals surface area contributed by atoms with E-state index < -0.39 is 30.0 Å². The summed E-state index contributed by atoms with van der Waals surface area (Å²) < 4.78 is 41.9. The Balaban J connectivity index is 1.52. The van der Waals surface area contributed by atoms with Gasteiger partial charge in [0.1, 0.15) is 6.04 Å². The van der Waals surface area contributed by atoms with Crippen molar-refractivity contribution in [3.63, 3.8) is 0 Å². The number of nitrogens with one attached hydrogen (secondary N) is 2. The molecule has 0 aliphatic heterocycles. The minimum absolute atomic E-state index is 0.151. The maximum absolute atomic E-state index is 13.4. The molecule has 2 aromatic rings. The molecule has 42 heavy (non-hydrogen) atoms. The van der Waals surface area contributed by atoms with Crippen LogP contribution in [0.2, 0.25) is 0 Å². The number of carboxylic acid groups (broad SMARTS) is 1. The predicted octanol–water partition coefficient (Wildman–Crippen LogP) is 6.37. The number of carboxylic acids is 1. The van der Waals surface area contributed by atoms with Crippen LogP contribution in [0, 0.1) is 18.8 Å². The van der Waals surface area contributed by atoms with Crippen LogP contribution in [0.3, 0.4) is 0 Å². The van der Waals surface area contributed by atoms with Gasteiger partial charge in [0.05, 0.1) is 11.5 Å². The van der Waals surface area contributed by atoms with Gasteiger partial charge >= 0.3 is 12.1 Å². The van der Waals surface area contributed by atoms with Crippen molar-refractivity contribution in [1.82, 2.24) is 15.2 Å². The van der Waals surface area contributed by atoms with Gasteiger partial charge in [-0.3, -0.25) is 14.4 Å². The molecule has 3 saturated carbocycles. The highest BCUT2D eigenvalue weighted by molar-refractivity contribution is 5.98. The third-order valence-electron chi connectivity index (χ3n) is 9.63. The summed E-state index contributed by atoms with van der Waals surface area (Å²) in [5.74, 6) is -1.93. The molecule has 1 aromatic heterocycles. The van der Waals surface area contributed by atoms with Crippen molar-refractivity contribution in [3.05, 3.63) is 46.6 Å². The second-order valence-electron chi connectivity index (χ2n) is 12.9. The maximum Gasteiger partial charge on any atom is 0.408 e. The Kier molecular flexibility index (Phi) is 8.20. The molecule has 3 fully saturated rings. The summed E-state index contributed by atoms with van der Waals surface area (Å²) in [5.41, 5.74) is 3.62. The molecular formula is C32H40F3N3O4. The van der Waals surface area contributed by atoms with Gasteiger partial charge in [0, 0.05) is 29.5 Å². The van der Waals surface area contributed by atoms with Gasteiger partial charge < -0.3 is 20.3 Å². The van der Waals surface area contributed by atoms with Crippen molar-refractivity contribution in [1.29, 1.82) is 0 Å². The molecule has 1 heterocycles. The highest BCUT2D eigenvalue weighted by atomic mass is 19.4. The zero-order valence-corrected chi connectivity index (χ0v) is 24.4. The number of benzene rings is 1. The highest BCUT2D eigenvalue weighted by Crippen LogP contribution is 2.49. The number of nitrogens with zero attached hydrogens (tertiary/aromatic N) is 1. The standard InChI is InChI=1S/C32H40F3N3O4/c1-18-26(29(40)37-25-14-23(15-25)30(41)42)16-27(38(18)17-20-7-5-4-6-8-20)21-11-22(13-24(12-21)31(3)9-10-31)28(39)36-19(2)32(33,34)35/h11-13,16,19-20,23,25H,4-10,14-15,17H2,1-3H3,(H,36,39)(H,37,40)(H,41,42)/t19-,23-,25-/m1/s1. The number of aromatic nitrogens is 1. The van der Waals surface area contributed by atoms with Crippen molar-refractivity contribution in [2.45, 2.75) is 109 Å². The van der Waals surface area contributed by atoms with Gasteiger partial charge in [0.25, 0.3) is 11.8 Å². The monoisotopic (exact) mass is 587 g/mol. The van der Waals surface area contributed by atoms with Crippen LogP contribution in [0.5, 0.6) is 0 Å². The van der Waals surface area contributed by atoms with Crippen LogP contribution in [-0.4, -0.2) is 45.7 Å². The first-order valence-electron chi connectivity index (χ1n) is 15.0. The average Bonchev–Trinajstić information content (AvgIpc) is 3.59. The van der Waals surface area contributed by atoms with E-state index in [4.69, 9.17) is 0 Å². The van der Waals surface area contributed by atoms with Crippen LogP contribution in [0.25, 0.3) is 11.3 Å². The molecular weight excluding hydrogens is 547 g/mol. The number of hydrogen-bond acceptors (Lipinski definition) is 3. The van der Waals surface area contributed by atoms with Crippen LogP contribution in [0.1, 0.15) is 104 Å². The molecule has 5 rings (SSSR count). The second-order valence-corrected chi connectivity index (χ2v) is 12.9. The quantitative estimate of drug-likeness (QED) is 0.318. The Morgan fingerprint density at radius 1 is 1.05 bits per heavy atom. The fourth-order valence-electron chi connectivity index (χ4n) is 6.27. The SMILES string of the molecule is Cc1c(C(=O)N[C@H]2C[C@H](C(=O)O)C2)cc(-c2cc(C(=O)N[C@H](C)C(F)(F)F)cc(C3(C)CC3)c2)n1CC1CCCCC1. The summed E-state index contributed by atoms with van der Waals surface area (Å²) >= 11 is 0. The molecule has 1 atom stereocenters. The van der Waals surface area contributed by atoms with Gasteiger partial charge in [0.2, 0.25) is 0 Å². The molecule has 2 amide bonds. The van der Waals surface area contributed by atoms with Crippen LogP contribution in [0.15, 0.2) is 24.3 Å². The van der Waals surface area contributed by atoms with Crippen molar-refractivity contribution >= 4 is 17.8 Å². The number of rotatable bonds is 9. The second kappa shape index (κ2) is 11.4. The van der Waals surface area contributed by atoms with E-state index in [2.05, 4.69) is 22.1 Å². The molecule has 0 unspecified atom stereocenters. The lowest BCUT2D eigenvalue weighted by Gasteiger charge is -2.32. The predicted molar refractivity (Wildman–Crippen MR) is 152 cm³/mol.